The highest BCUT2D eigenvalue weighted by Crippen LogP contribution is 2.24. The fourth-order valence-corrected chi connectivity index (χ4v) is 2.05. The predicted molar refractivity (Wildman–Crippen MR) is 76.2 cm³/mol. The van der Waals surface area contributed by atoms with E-state index in [-0.39, 0.29) is 5.91 Å². The number of aryl methyl sites for hydroxylation is 1. The molecule has 1 amide bonds. The number of carbonyl (C=O) groups excluding carboxylic acids is 1. The minimum Gasteiger partial charge on any atom is -0.496 e. The summed E-state index contributed by atoms with van der Waals surface area (Å²) in [4.78, 5) is 18.1. The van der Waals surface area contributed by atoms with Crippen LogP contribution in [-0.4, -0.2) is 29.9 Å². The molecule has 0 atom stereocenters. The average molecular weight is 264 g/mol. The lowest BCUT2D eigenvalue weighted by Crippen LogP contribution is -2.28. The Morgan fingerprint density at radius 3 is 2.58 bits per heavy atom. The van der Waals surface area contributed by atoms with Crippen LogP contribution in [0.1, 0.15) is 37.1 Å². The monoisotopic (exact) mass is 264 g/mol. The van der Waals surface area contributed by atoms with Gasteiger partial charge < -0.3 is 9.64 Å². The molecule has 0 N–H and O–H groups in total. The first-order chi connectivity index (χ1) is 8.86. The van der Waals surface area contributed by atoms with Crippen LogP contribution in [0.5, 0.6) is 5.75 Å². The van der Waals surface area contributed by atoms with Crippen molar-refractivity contribution in [3.63, 3.8) is 0 Å². The number of ether oxygens (including phenoxy) is 1. The van der Waals surface area contributed by atoms with Gasteiger partial charge in [0.25, 0.3) is 0 Å². The highest BCUT2D eigenvalue weighted by Gasteiger charge is 2.15. The Hall–Kier alpha value is -1.58. The van der Waals surface area contributed by atoms with E-state index in [0.29, 0.717) is 18.9 Å². The zero-order valence-electron chi connectivity index (χ0n) is 12.8. The van der Waals surface area contributed by atoms with Gasteiger partial charge in [0.1, 0.15) is 5.75 Å². The zero-order chi connectivity index (χ0) is 14.6. The van der Waals surface area contributed by atoms with Crippen LogP contribution in [-0.2, 0) is 11.3 Å². The van der Waals surface area contributed by atoms with Crippen LogP contribution < -0.4 is 4.74 Å². The van der Waals surface area contributed by atoms with Gasteiger partial charge in [0.15, 0.2) is 0 Å². The third kappa shape index (κ3) is 3.94. The van der Waals surface area contributed by atoms with Gasteiger partial charge in [-0.3, -0.25) is 9.78 Å². The normalized spacial score (nSPS) is 10.7. The number of rotatable bonds is 5. The smallest absolute Gasteiger partial charge is 0.222 e. The molecule has 0 aliphatic rings. The van der Waals surface area contributed by atoms with E-state index in [4.69, 9.17) is 4.74 Å². The molecule has 0 unspecified atom stereocenters. The van der Waals surface area contributed by atoms with E-state index < -0.39 is 0 Å². The number of hydrogen-bond acceptors (Lipinski definition) is 3. The molecule has 4 heteroatoms. The van der Waals surface area contributed by atoms with Crippen molar-refractivity contribution >= 4 is 5.91 Å². The van der Waals surface area contributed by atoms with Gasteiger partial charge in [-0.15, -0.1) is 0 Å². The van der Waals surface area contributed by atoms with Crippen molar-refractivity contribution in [1.82, 2.24) is 9.88 Å². The maximum Gasteiger partial charge on any atom is 0.222 e. The number of carbonyl (C=O) groups is 1. The summed E-state index contributed by atoms with van der Waals surface area (Å²) in [5.41, 5.74) is 2.91. The molecule has 0 spiro atoms. The van der Waals surface area contributed by atoms with E-state index in [2.05, 4.69) is 4.98 Å². The van der Waals surface area contributed by atoms with Gasteiger partial charge in [0.2, 0.25) is 5.91 Å². The molecule has 0 fully saturated rings. The lowest BCUT2D eigenvalue weighted by atomic mass is 10.1. The maximum atomic E-state index is 12.0. The van der Waals surface area contributed by atoms with E-state index >= 15 is 0 Å². The summed E-state index contributed by atoms with van der Waals surface area (Å²) in [6.45, 7) is 8.56. The fourth-order valence-electron chi connectivity index (χ4n) is 2.05. The molecule has 1 heterocycles. The van der Waals surface area contributed by atoms with Crippen LogP contribution in [0.3, 0.4) is 0 Å². The number of amides is 1. The Kier molecular flexibility index (Phi) is 5.33. The summed E-state index contributed by atoms with van der Waals surface area (Å²) in [6.07, 6.45) is 2.36. The molecule has 0 saturated heterocycles. The quantitative estimate of drug-likeness (QED) is 0.821. The zero-order valence-corrected chi connectivity index (χ0v) is 12.8. The third-order valence-electron chi connectivity index (χ3n) is 3.15. The molecule has 1 aromatic heterocycles. The lowest BCUT2D eigenvalue weighted by Gasteiger charge is -2.20. The highest BCUT2D eigenvalue weighted by atomic mass is 16.5. The van der Waals surface area contributed by atoms with Crippen molar-refractivity contribution in [2.24, 2.45) is 5.92 Å². The van der Waals surface area contributed by atoms with Gasteiger partial charge in [0, 0.05) is 30.8 Å². The first-order valence-corrected chi connectivity index (χ1v) is 6.59. The Bertz CT molecular complexity index is 456. The summed E-state index contributed by atoms with van der Waals surface area (Å²) >= 11 is 0. The Balaban J connectivity index is 2.85. The topological polar surface area (TPSA) is 42.4 Å². The van der Waals surface area contributed by atoms with Crippen LogP contribution in [0.4, 0.5) is 0 Å². The van der Waals surface area contributed by atoms with Gasteiger partial charge in [-0.05, 0) is 19.8 Å². The number of aromatic nitrogens is 1. The first kappa shape index (κ1) is 15.5. The molecular weight excluding hydrogens is 240 g/mol. The third-order valence-corrected chi connectivity index (χ3v) is 3.15. The molecule has 1 rings (SSSR count). The largest absolute Gasteiger partial charge is 0.496 e. The van der Waals surface area contributed by atoms with E-state index in [9.17, 15) is 4.79 Å². The number of hydrogen-bond donors (Lipinski definition) is 0. The van der Waals surface area contributed by atoms with Gasteiger partial charge in [-0.2, -0.15) is 0 Å². The minimum atomic E-state index is 0.149. The van der Waals surface area contributed by atoms with Crippen molar-refractivity contribution < 1.29 is 9.53 Å². The number of methoxy groups -OCH3 is 1. The molecule has 0 radical (unpaired) electrons. The van der Waals surface area contributed by atoms with Gasteiger partial charge in [0.05, 0.1) is 19.3 Å². The molecule has 0 aliphatic heterocycles. The van der Waals surface area contributed by atoms with Crippen molar-refractivity contribution in [2.75, 3.05) is 14.2 Å². The predicted octanol–water partition coefficient (Wildman–Crippen LogP) is 2.71. The second-order valence-corrected chi connectivity index (χ2v) is 5.39. The summed E-state index contributed by atoms with van der Waals surface area (Å²) in [7, 11) is 3.48. The molecule has 0 aromatic carbocycles. The van der Waals surface area contributed by atoms with Crippen molar-refractivity contribution in [2.45, 2.75) is 40.7 Å². The van der Waals surface area contributed by atoms with E-state index in [1.54, 1.807) is 18.2 Å². The van der Waals surface area contributed by atoms with Crippen LogP contribution in [0, 0.1) is 19.8 Å². The summed E-state index contributed by atoms with van der Waals surface area (Å²) in [6, 6.07) is 0. The Labute approximate surface area is 115 Å². The highest BCUT2D eigenvalue weighted by molar-refractivity contribution is 5.76. The van der Waals surface area contributed by atoms with E-state index in [0.717, 1.165) is 22.6 Å². The first-order valence-electron chi connectivity index (χ1n) is 6.59. The standard InChI is InChI=1S/C15H24N2O2/c1-10(2)7-14(18)17(5)9-13-12(4)15(19-6)11(3)8-16-13/h8,10H,7,9H2,1-6H3. The fraction of sp³-hybridized carbons (Fsp3) is 0.600. The molecule has 19 heavy (non-hydrogen) atoms. The van der Waals surface area contributed by atoms with E-state index in [1.165, 1.54) is 0 Å². The van der Waals surface area contributed by atoms with Crippen LogP contribution >= 0.6 is 0 Å². The second-order valence-electron chi connectivity index (χ2n) is 5.39. The Morgan fingerprint density at radius 2 is 2.05 bits per heavy atom. The maximum absolute atomic E-state index is 12.0. The van der Waals surface area contributed by atoms with Crippen LogP contribution in [0.2, 0.25) is 0 Å². The average Bonchev–Trinajstić information content (AvgIpc) is 2.32. The molecule has 106 valence electrons. The van der Waals surface area contributed by atoms with Gasteiger partial charge >= 0.3 is 0 Å². The molecule has 1 aromatic rings. The van der Waals surface area contributed by atoms with Crippen molar-refractivity contribution in [1.29, 1.82) is 0 Å². The number of pyridine rings is 1. The molecular formula is C15H24N2O2. The molecule has 0 bridgehead atoms. The molecule has 0 aliphatic carbocycles. The Morgan fingerprint density at radius 1 is 1.42 bits per heavy atom. The van der Waals surface area contributed by atoms with Gasteiger partial charge in [-0.1, -0.05) is 13.8 Å². The minimum absolute atomic E-state index is 0.149. The number of nitrogens with zero attached hydrogens (tertiary/aromatic N) is 2. The van der Waals surface area contributed by atoms with E-state index in [1.807, 2.05) is 34.7 Å². The van der Waals surface area contributed by atoms with Crippen molar-refractivity contribution in [3.8, 4) is 5.75 Å². The summed E-state index contributed by atoms with van der Waals surface area (Å²) < 4.78 is 5.38. The second kappa shape index (κ2) is 6.55. The molecule has 4 nitrogen and oxygen atoms in total. The van der Waals surface area contributed by atoms with Crippen molar-refractivity contribution in [3.05, 3.63) is 23.0 Å². The van der Waals surface area contributed by atoms with Crippen LogP contribution in [0.25, 0.3) is 0 Å². The summed E-state index contributed by atoms with van der Waals surface area (Å²) in [5, 5.41) is 0. The summed E-state index contributed by atoms with van der Waals surface area (Å²) in [5.74, 6) is 1.38. The SMILES string of the molecule is COc1c(C)cnc(CN(C)C(=O)CC(C)C)c1C. The van der Waals surface area contributed by atoms with Crippen LogP contribution in [0.15, 0.2) is 6.20 Å². The van der Waals surface area contributed by atoms with Gasteiger partial charge in [-0.25, -0.2) is 0 Å². The molecule has 0 saturated carbocycles. The lowest BCUT2D eigenvalue weighted by molar-refractivity contribution is -0.131.